The molecule has 0 unspecified atom stereocenters. The van der Waals surface area contributed by atoms with Gasteiger partial charge in [-0.2, -0.15) is 5.26 Å². The molecule has 2 aromatic heterocycles. The third kappa shape index (κ3) is 1.89. The van der Waals surface area contributed by atoms with Crippen molar-refractivity contribution in [3.8, 4) is 6.07 Å². The van der Waals surface area contributed by atoms with E-state index in [0.29, 0.717) is 0 Å². The van der Waals surface area contributed by atoms with Crippen LogP contribution in [0.1, 0.15) is 4.88 Å². The number of fused-ring (bicyclic) bond motifs is 7. The second-order valence-corrected chi connectivity index (χ2v) is 8.62. The van der Waals surface area contributed by atoms with Crippen LogP contribution in [-0.2, 0) is 0 Å². The van der Waals surface area contributed by atoms with E-state index in [0.717, 1.165) is 10.3 Å². The molecular formula is C23H11NS2. The van der Waals surface area contributed by atoms with Gasteiger partial charge in [-0.05, 0) is 84.9 Å². The van der Waals surface area contributed by atoms with E-state index in [1.165, 1.54) is 47.1 Å². The smallest absolute Gasteiger partial charge is 0.110 e. The normalized spacial score (nSPS) is 11.8. The molecule has 4 aromatic carbocycles. The number of nitrogens with zero attached hydrogens (tertiary/aromatic N) is 1. The average molecular weight is 365 g/mol. The summed E-state index contributed by atoms with van der Waals surface area (Å²) >= 11 is 3.35. The van der Waals surface area contributed by atoms with Gasteiger partial charge in [-0.15, -0.1) is 22.7 Å². The van der Waals surface area contributed by atoms with Crippen molar-refractivity contribution in [2.75, 3.05) is 0 Å². The zero-order valence-electron chi connectivity index (χ0n) is 13.6. The minimum Gasteiger partial charge on any atom is -0.192 e. The summed E-state index contributed by atoms with van der Waals surface area (Å²) in [5, 5.41) is 21.4. The Kier molecular flexibility index (Phi) is 2.77. The molecule has 0 aliphatic heterocycles. The summed E-state index contributed by atoms with van der Waals surface area (Å²) in [6.07, 6.45) is 0. The van der Waals surface area contributed by atoms with Gasteiger partial charge in [0.2, 0.25) is 0 Å². The molecule has 0 N–H and O–H groups in total. The van der Waals surface area contributed by atoms with Gasteiger partial charge >= 0.3 is 0 Å². The lowest BCUT2D eigenvalue weighted by Crippen LogP contribution is -1.81. The molecule has 0 amide bonds. The Morgan fingerprint density at radius 1 is 0.615 bits per heavy atom. The fourth-order valence-corrected chi connectivity index (χ4v) is 5.63. The van der Waals surface area contributed by atoms with E-state index in [9.17, 15) is 5.26 Å². The van der Waals surface area contributed by atoms with Gasteiger partial charge < -0.3 is 0 Å². The third-order valence-corrected chi connectivity index (χ3v) is 7.04. The summed E-state index contributed by atoms with van der Waals surface area (Å²) < 4.78 is 2.51. The number of hydrogen-bond donors (Lipinski definition) is 0. The van der Waals surface area contributed by atoms with Crippen molar-refractivity contribution in [1.29, 1.82) is 5.26 Å². The van der Waals surface area contributed by atoms with E-state index >= 15 is 0 Å². The summed E-state index contributed by atoms with van der Waals surface area (Å²) in [5.74, 6) is 0. The van der Waals surface area contributed by atoms with Gasteiger partial charge in [0.25, 0.3) is 0 Å². The van der Waals surface area contributed by atoms with Crippen LogP contribution in [0.25, 0.3) is 52.5 Å². The van der Waals surface area contributed by atoms with E-state index in [1.807, 2.05) is 6.07 Å². The maximum absolute atomic E-state index is 9.20. The fraction of sp³-hybridized carbons (Fsp3) is 0. The Bertz CT molecular complexity index is 1540. The molecule has 0 saturated carbocycles. The third-order valence-electron chi connectivity index (χ3n) is 5.15. The molecule has 0 aliphatic rings. The molecule has 0 fully saturated rings. The molecule has 0 radical (unpaired) electrons. The van der Waals surface area contributed by atoms with Gasteiger partial charge in [0.15, 0.2) is 0 Å². The summed E-state index contributed by atoms with van der Waals surface area (Å²) in [6.45, 7) is 0. The standard InChI is InChI=1S/C23H11NS2/c24-12-17-7-16-9-21-14(11-23(16)26-17)2-4-18-19(21)3-1-13-10-22-15(5-6-25-22)8-20(13)18/h1-11H. The Morgan fingerprint density at radius 3 is 2.04 bits per heavy atom. The monoisotopic (exact) mass is 365 g/mol. The molecule has 120 valence electrons. The number of hydrogen-bond acceptors (Lipinski definition) is 3. The van der Waals surface area contributed by atoms with Crippen molar-refractivity contribution in [2.24, 2.45) is 0 Å². The minimum absolute atomic E-state index is 0.768. The first-order valence-corrected chi connectivity index (χ1v) is 10.1. The lowest BCUT2D eigenvalue weighted by molar-refractivity contribution is 1.52. The maximum atomic E-state index is 9.20. The first-order chi connectivity index (χ1) is 12.8. The molecule has 26 heavy (non-hydrogen) atoms. The maximum Gasteiger partial charge on any atom is 0.110 e. The molecule has 0 saturated heterocycles. The highest BCUT2D eigenvalue weighted by molar-refractivity contribution is 7.19. The molecule has 1 nitrogen and oxygen atoms in total. The highest BCUT2D eigenvalue weighted by Gasteiger charge is 2.09. The van der Waals surface area contributed by atoms with E-state index in [1.54, 1.807) is 22.7 Å². The van der Waals surface area contributed by atoms with Gasteiger partial charge in [0.05, 0.1) is 0 Å². The van der Waals surface area contributed by atoms with Crippen LogP contribution in [0.2, 0.25) is 0 Å². The largest absolute Gasteiger partial charge is 0.192 e. The van der Waals surface area contributed by atoms with Crippen LogP contribution in [-0.4, -0.2) is 0 Å². The molecular weight excluding hydrogens is 354 g/mol. The van der Waals surface area contributed by atoms with Crippen LogP contribution >= 0.6 is 22.7 Å². The summed E-state index contributed by atoms with van der Waals surface area (Å²) in [4.78, 5) is 0.768. The lowest BCUT2D eigenvalue weighted by atomic mass is 9.96. The van der Waals surface area contributed by atoms with Crippen LogP contribution in [0.15, 0.2) is 66.0 Å². The van der Waals surface area contributed by atoms with Crippen molar-refractivity contribution >= 4 is 75.2 Å². The molecule has 0 aliphatic carbocycles. The zero-order valence-corrected chi connectivity index (χ0v) is 15.2. The van der Waals surface area contributed by atoms with Gasteiger partial charge in [-0.1, -0.05) is 24.3 Å². The minimum atomic E-state index is 0.768. The molecule has 6 aromatic rings. The Labute approximate surface area is 157 Å². The van der Waals surface area contributed by atoms with E-state index in [4.69, 9.17) is 0 Å². The SMILES string of the molecule is N#Cc1cc2cc3c(ccc4c5cc6ccsc6cc5ccc34)cc2s1. The van der Waals surface area contributed by atoms with Crippen LogP contribution in [0.4, 0.5) is 0 Å². The van der Waals surface area contributed by atoms with Crippen LogP contribution in [0, 0.1) is 11.3 Å². The second kappa shape index (κ2) is 5.04. The molecule has 0 spiro atoms. The molecule has 3 heteroatoms. The first-order valence-electron chi connectivity index (χ1n) is 8.40. The van der Waals surface area contributed by atoms with Crippen LogP contribution in [0.3, 0.4) is 0 Å². The predicted octanol–water partition coefficient (Wildman–Crippen LogP) is 7.45. The molecule has 2 heterocycles. The van der Waals surface area contributed by atoms with Crippen LogP contribution < -0.4 is 0 Å². The molecule has 6 rings (SSSR count). The van der Waals surface area contributed by atoms with E-state index in [2.05, 4.69) is 66.0 Å². The average Bonchev–Trinajstić information content (AvgIpc) is 3.29. The quantitative estimate of drug-likeness (QED) is 0.256. The number of nitriles is 1. The van der Waals surface area contributed by atoms with Crippen LogP contribution in [0.5, 0.6) is 0 Å². The van der Waals surface area contributed by atoms with Crippen molar-refractivity contribution in [3.63, 3.8) is 0 Å². The van der Waals surface area contributed by atoms with Crippen molar-refractivity contribution in [1.82, 2.24) is 0 Å². The zero-order chi connectivity index (χ0) is 17.3. The van der Waals surface area contributed by atoms with Gasteiger partial charge in [-0.3, -0.25) is 0 Å². The highest BCUT2D eigenvalue weighted by atomic mass is 32.1. The Morgan fingerprint density at radius 2 is 1.31 bits per heavy atom. The van der Waals surface area contributed by atoms with Crippen molar-refractivity contribution in [3.05, 3.63) is 70.9 Å². The van der Waals surface area contributed by atoms with E-state index < -0.39 is 0 Å². The number of thiophene rings is 2. The lowest BCUT2D eigenvalue weighted by Gasteiger charge is -2.08. The van der Waals surface area contributed by atoms with E-state index in [-0.39, 0.29) is 0 Å². The fourth-order valence-electron chi connectivity index (χ4n) is 3.92. The van der Waals surface area contributed by atoms with Gasteiger partial charge in [0.1, 0.15) is 10.9 Å². The predicted molar refractivity (Wildman–Crippen MR) is 114 cm³/mol. The topological polar surface area (TPSA) is 23.8 Å². The second-order valence-electron chi connectivity index (χ2n) is 6.59. The Hall–Kier alpha value is -2.93. The molecule has 0 bridgehead atoms. The summed E-state index contributed by atoms with van der Waals surface area (Å²) in [5.41, 5.74) is 0. The van der Waals surface area contributed by atoms with Crippen molar-refractivity contribution in [2.45, 2.75) is 0 Å². The summed E-state index contributed by atoms with van der Waals surface area (Å²) in [7, 11) is 0. The highest BCUT2D eigenvalue weighted by Crippen LogP contribution is 2.37. The Balaban J connectivity index is 1.78. The molecule has 0 atom stereocenters. The van der Waals surface area contributed by atoms with Gasteiger partial charge in [0, 0.05) is 9.40 Å². The van der Waals surface area contributed by atoms with Gasteiger partial charge in [-0.25, -0.2) is 0 Å². The number of rotatable bonds is 0. The summed E-state index contributed by atoms with van der Waals surface area (Å²) in [6, 6.07) is 24.4. The van der Waals surface area contributed by atoms with Crippen molar-refractivity contribution < 1.29 is 0 Å². The number of benzene rings is 4. The first kappa shape index (κ1) is 14.3.